The topological polar surface area (TPSA) is 99.9 Å². The Labute approximate surface area is 163 Å². The van der Waals surface area contributed by atoms with E-state index < -0.39 is 4.92 Å². The Balaban J connectivity index is 1.69. The molecule has 0 radical (unpaired) electrons. The molecule has 8 heteroatoms. The average Bonchev–Trinajstić information content (AvgIpc) is 3.07. The van der Waals surface area contributed by atoms with Crippen molar-refractivity contribution < 1.29 is 9.72 Å². The number of nitro benzene ring substituents is 1. The van der Waals surface area contributed by atoms with Crippen molar-refractivity contribution in [3.8, 4) is 0 Å². The van der Waals surface area contributed by atoms with Crippen LogP contribution in [-0.2, 0) is 11.3 Å². The van der Waals surface area contributed by atoms with Gasteiger partial charge in [0.15, 0.2) is 5.96 Å². The van der Waals surface area contributed by atoms with Crippen molar-refractivity contribution in [2.45, 2.75) is 25.9 Å². The summed E-state index contributed by atoms with van der Waals surface area (Å²) in [6.45, 7) is 3.30. The summed E-state index contributed by atoms with van der Waals surface area (Å²) >= 11 is 0. The second kappa shape index (κ2) is 8.98. The zero-order chi connectivity index (χ0) is 19.9. The van der Waals surface area contributed by atoms with Crippen LogP contribution in [0.4, 0.5) is 11.4 Å². The molecule has 2 aromatic carbocycles. The number of hydrogen-bond acceptors (Lipinski definition) is 4. The molecular weight excluding hydrogens is 358 g/mol. The highest BCUT2D eigenvalue weighted by Crippen LogP contribution is 2.21. The van der Waals surface area contributed by atoms with Gasteiger partial charge in [-0.3, -0.25) is 14.9 Å². The van der Waals surface area contributed by atoms with Crippen LogP contribution in [0.3, 0.4) is 0 Å². The molecule has 1 aliphatic rings. The summed E-state index contributed by atoms with van der Waals surface area (Å²) < 4.78 is 0. The molecule has 0 saturated carbocycles. The van der Waals surface area contributed by atoms with Crippen molar-refractivity contribution in [3.63, 3.8) is 0 Å². The van der Waals surface area contributed by atoms with Crippen LogP contribution < -0.4 is 15.5 Å². The van der Waals surface area contributed by atoms with E-state index in [2.05, 4.69) is 15.6 Å². The number of nitrogens with zero attached hydrogens (tertiary/aromatic N) is 3. The molecule has 1 amide bonds. The number of nitro groups is 1. The lowest BCUT2D eigenvalue weighted by Crippen LogP contribution is -2.44. The zero-order valence-corrected chi connectivity index (χ0v) is 15.7. The minimum atomic E-state index is -0.404. The number of carbonyl (C=O) groups is 1. The lowest BCUT2D eigenvalue weighted by molar-refractivity contribution is -0.385. The van der Waals surface area contributed by atoms with Gasteiger partial charge in [0.05, 0.1) is 23.1 Å². The second-order valence-corrected chi connectivity index (χ2v) is 6.47. The molecular formula is C20H23N5O3. The summed E-state index contributed by atoms with van der Waals surface area (Å²) in [5, 5.41) is 17.6. The van der Waals surface area contributed by atoms with Gasteiger partial charge in [-0.1, -0.05) is 36.4 Å². The summed E-state index contributed by atoms with van der Waals surface area (Å²) in [6, 6.07) is 16.0. The van der Waals surface area contributed by atoms with Crippen LogP contribution in [0.15, 0.2) is 59.6 Å². The van der Waals surface area contributed by atoms with Crippen molar-refractivity contribution in [3.05, 3.63) is 70.3 Å². The molecule has 8 nitrogen and oxygen atoms in total. The number of anilines is 1. The lowest BCUT2D eigenvalue weighted by atomic mass is 10.2. The van der Waals surface area contributed by atoms with E-state index in [1.165, 1.54) is 6.07 Å². The fraction of sp³-hybridized carbons (Fsp3) is 0.300. The maximum Gasteiger partial charge on any atom is 0.274 e. The molecule has 1 saturated heterocycles. The number of hydrogen-bond donors (Lipinski definition) is 2. The molecule has 146 valence electrons. The van der Waals surface area contributed by atoms with E-state index in [0.29, 0.717) is 31.0 Å². The van der Waals surface area contributed by atoms with Gasteiger partial charge in [-0.25, -0.2) is 4.99 Å². The van der Waals surface area contributed by atoms with E-state index in [1.54, 1.807) is 23.1 Å². The molecule has 1 heterocycles. The van der Waals surface area contributed by atoms with Crippen molar-refractivity contribution in [1.29, 1.82) is 0 Å². The monoisotopic (exact) mass is 381 g/mol. The van der Waals surface area contributed by atoms with Crippen LogP contribution >= 0.6 is 0 Å². The highest BCUT2D eigenvalue weighted by Gasteiger charge is 2.31. The minimum absolute atomic E-state index is 0.0494. The molecule has 2 aromatic rings. The maximum absolute atomic E-state index is 12.4. The first-order chi connectivity index (χ1) is 13.6. The van der Waals surface area contributed by atoms with Gasteiger partial charge >= 0.3 is 0 Å². The number of aliphatic imine (C=N–C) groups is 1. The third kappa shape index (κ3) is 4.64. The van der Waals surface area contributed by atoms with E-state index in [9.17, 15) is 14.9 Å². The molecule has 0 aromatic heterocycles. The van der Waals surface area contributed by atoms with Crippen molar-refractivity contribution in [1.82, 2.24) is 10.6 Å². The highest BCUT2D eigenvalue weighted by molar-refractivity contribution is 5.97. The smallest absolute Gasteiger partial charge is 0.274 e. The van der Waals surface area contributed by atoms with Crippen LogP contribution in [0.5, 0.6) is 0 Å². The molecule has 1 fully saturated rings. The van der Waals surface area contributed by atoms with E-state index in [-0.39, 0.29) is 24.2 Å². The van der Waals surface area contributed by atoms with Crippen LogP contribution in [0, 0.1) is 10.1 Å². The summed E-state index contributed by atoms with van der Waals surface area (Å²) in [7, 11) is 0. The Morgan fingerprint density at radius 1 is 1.21 bits per heavy atom. The largest absolute Gasteiger partial charge is 0.357 e. The number of para-hydroxylation sites is 2. The first-order valence-corrected chi connectivity index (χ1v) is 9.21. The van der Waals surface area contributed by atoms with Crippen molar-refractivity contribution in [2.75, 3.05) is 18.0 Å². The SMILES string of the molecule is CCNC(=NCc1ccccc1[N+](=O)[O-])NC1CC(=O)N(c2ccccc2)C1. The van der Waals surface area contributed by atoms with Gasteiger partial charge in [-0.05, 0) is 19.1 Å². The van der Waals surface area contributed by atoms with Crippen LogP contribution in [0.25, 0.3) is 0 Å². The number of benzene rings is 2. The van der Waals surface area contributed by atoms with Crippen molar-refractivity contribution >= 4 is 23.2 Å². The maximum atomic E-state index is 12.4. The quantitative estimate of drug-likeness (QED) is 0.346. The number of guanidine groups is 1. The van der Waals surface area contributed by atoms with Gasteiger partial charge in [0.25, 0.3) is 5.69 Å². The van der Waals surface area contributed by atoms with E-state index >= 15 is 0 Å². The van der Waals surface area contributed by atoms with Gasteiger partial charge in [0, 0.05) is 31.3 Å². The predicted octanol–water partition coefficient (Wildman–Crippen LogP) is 2.46. The fourth-order valence-electron chi connectivity index (χ4n) is 3.16. The first kappa shape index (κ1) is 19.3. The molecule has 1 aliphatic heterocycles. The zero-order valence-electron chi connectivity index (χ0n) is 15.7. The molecule has 3 rings (SSSR count). The standard InChI is InChI=1S/C20H23N5O3/c1-2-21-20(22-13-15-8-6-7-11-18(15)25(27)28)23-16-12-19(26)24(14-16)17-9-4-3-5-10-17/h3-11,16H,2,12-14H2,1H3,(H2,21,22,23). The third-order valence-corrected chi connectivity index (χ3v) is 4.47. The molecule has 0 bridgehead atoms. The van der Waals surface area contributed by atoms with Gasteiger partial charge in [-0.15, -0.1) is 0 Å². The van der Waals surface area contributed by atoms with Crippen LogP contribution in [0.1, 0.15) is 18.9 Å². The lowest BCUT2D eigenvalue weighted by Gasteiger charge is -2.19. The summed E-state index contributed by atoms with van der Waals surface area (Å²) in [5.41, 5.74) is 1.46. The van der Waals surface area contributed by atoms with Gasteiger partial charge in [-0.2, -0.15) is 0 Å². The Kier molecular flexibility index (Phi) is 6.21. The second-order valence-electron chi connectivity index (χ2n) is 6.47. The van der Waals surface area contributed by atoms with E-state index in [4.69, 9.17) is 0 Å². The number of amides is 1. The Hall–Kier alpha value is -3.42. The Bertz CT molecular complexity index is 869. The van der Waals surface area contributed by atoms with Crippen LogP contribution in [-0.4, -0.2) is 35.9 Å². The molecule has 2 N–H and O–H groups in total. The summed E-state index contributed by atoms with van der Waals surface area (Å²) in [6.07, 6.45) is 0.366. The van der Waals surface area contributed by atoms with Gasteiger partial charge in [0.2, 0.25) is 5.91 Å². The first-order valence-electron chi connectivity index (χ1n) is 9.21. The number of nitrogens with one attached hydrogen (secondary N) is 2. The summed E-state index contributed by atoms with van der Waals surface area (Å²) in [5.74, 6) is 0.589. The number of carbonyl (C=O) groups excluding carboxylic acids is 1. The molecule has 0 aliphatic carbocycles. The van der Waals surface area contributed by atoms with Gasteiger partial charge < -0.3 is 15.5 Å². The Morgan fingerprint density at radius 3 is 2.64 bits per heavy atom. The highest BCUT2D eigenvalue weighted by atomic mass is 16.6. The Morgan fingerprint density at radius 2 is 1.93 bits per heavy atom. The minimum Gasteiger partial charge on any atom is -0.357 e. The normalized spacial score (nSPS) is 16.9. The molecule has 1 unspecified atom stereocenters. The van der Waals surface area contributed by atoms with E-state index in [1.807, 2.05) is 37.3 Å². The molecule has 0 spiro atoms. The fourth-order valence-corrected chi connectivity index (χ4v) is 3.16. The predicted molar refractivity (Wildman–Crippen MR) is 108 cm³/mol. The molecule has 28 heavy (non-hydrogen) atoms. The summed E-state index contributed by atoms with van der Waals surface area (Å²) in [4.78, 5) is 29.4. The van der Waals surface area contributed by atoms with Crippen molar-refractivity contribution in [2.24, 2.45) is 4.99 Å². The van der Waals surface area contributed by atoms with Gasteiger partial charge in [0.1, 0.15) is 0 Å². The molecule has 1 atom stereocenters. The van der Waals surface area contributed by atoms with E-state index in [0.717, 1.165) is 5.69 Å². The average molecular weight is 381 g/mol. The number of rotatable bonds is 6. The third-order valence-electron chi connectivity index (χ3n) is 4.47. The van der Waals surface area contributed by atoms with Crippen LogP contribution in [0.2, 0.25) is 0 Å².